The van der Waals surface area contributed by atoms with Crippen molar-refractivity contribution in [3.8, 4) is 11.5 Å². The highest BCUT2D eigenvalue weighted by molar-refractivity contribution is 6.10. The van der Waals surface area contributed by atoms with Gasteiger partial charge >= 0.3 is 0 Å². The highest BCUT2D eigenvalue weighted by Gasteiger charge is 2.38. The molecule has 4 aliphatic heterocycles. The molecule has 10 rings (SSSR count). The average molecular weight is 973 g/mol. The second-order valence-corrected chi connectivity index (χ2v) is 18.9. The number of alkyl halides is 4. The zero-order valence-corrected chi connectivity index (χ0v) is 39.3. The van der Waals surface area contributed by atoms with Crippen LogP contribution in [0.25, 0.3) is 11.3 Å². The molecule has 2 amide bonds. The number of hydrogen-bond acceptors (Lipinski definition) is 14. The van der Waals surface area contributed by atoms with Crippen molar-refractivity contribution < 1.29 is 46.8 Å². The Morgan fingerprint density at radius 2 is 1.01 bits per heavy atom. The number of ether oxygens (including phenoxy) is 2. The van der Waals surface area contributed by atoms with Gasteiger partial charge in [0.2, 0.25) is 0 Å². The van der Waals surface area contributed by atoms with Gasteiger partial charge in [0, 0.05) is 113 Å². The lowest BCUT2D eigenvalue weighted by molar-refractivity contribution is 0.0446. The van der Waals surface area contributed by atoms with E-state index in [9.17, 15) is 37.4 Å². The van der Waals surface area contributed by atoms with Crippen molar-refractivity contribution in [3.05, 3.63) is 94.8 Å². The van der Waals surface area contributed by atoms with E-state index in [1.54, 1.807) is 43.6 Å². The first kappa shape index (κ1) is 48.4. The first-order chi connectivity index (χ1) is 33.5. The van der Waals surface area contributed by atoms with Gasteiger partial charge in [0.25, 0.3) is 24.7 Å². The number of benzene rings is 2. The van der Waals surface area contributed by atoms with Crippen LogP contribution in [0.5, 0.6) is 11.5 Å². The molecule has 2 saturated heterocycles. The standard InChI is InChI=1S/2C24H28F2N6O3/c2*1-15-10-27-22-17(11-28-32(22)12-15)23(34)29-18-7-16-9-24(2,14-33)35-20(16)8-19(18)31-5-3-30(4-6-31)13-21(25)26/h2*7-8,10-12,21,33H,3-6,9,13-14H2,1-2H3,(H,29,34)/t2*24-/m10/s1. The molecule has 2 atom stereocenters. The molecule has 4 aromatic heterocycles. The average Bonchev–Trinajstić information content (AvgIpc) is 4.11. The summed E-state index contributed by atoms with van der Waals surface area (Å²) in [5.74, 6) is 0.603. The fraction of sp³-hybridized carbons (Fsp3) is 0.458. The number of piperazine rings is 2. The number of hydrogen-bond donors (Lipinski definition) is 4. The fourth-order valence-electron chi connectivity index (χ4n) is 9.37. The molecule has 0 spiro atoms. The van der Waals surface area contributed by atoms with E-state index < -0.39 is 24.1 Å². The van der Waals surface area contributed by atoms with Gasteiger partial charge in [-0.15, -0.1) is 0 Å². The van der Waals surface area contributed by atoms with Crippen LogP contribution in [0.15, 0.2) is 61.4 Å². The first-order valence-corrected chi connectivity index (χ1v) is 23.2. The molecular weight excluding hydrogens is 917 g/mol. The van der Waals surface area contributed by atoms with Crippen LogP contribution in [0.3, 0.4) is 0 Å². The van der Waals surface area contributed by atoms with Crippen LogP contribution in [0.1, 0.15) is 56.8 Å². The second-order valence-electron chi connectivity index (χ2n) is 18.9. The van der Waals surface area contributed by atoms with Crippen LogP contribution >= 0.6 is 0 Å². The molecule has 4 aliphatic rings. The van der Waals surface area contributed by atoms with Crippen molar-refractivity contribution in [2.75, 3.05) is 99.1 Å². The lowest BCUT2D eigenvalue weighted by Gasteiger charge is -2.37. The van der Waals surface area contributed by atoms with Gasteiger partial charge in [0.1, 0.15) is 33.8 Å². The number of aromatic nitrogens is 6. The number of aliphatic hydroxyl groups is 2. The Hall–Kier alpha value is -6.62. The number of anilines is 4. The molecule has 22 heteroatoms. The lowest BCUT2D eigenvalue weighted by atomic mass is 9.99. The largest absolute Gasteiger partial charge is 0.484 e. The van der Waals surface area contributed by atoms with Gasteiger partial charge in [-0.2, -0.15) is 10.2 Å². The molecule has 8 heterocycles. The quantitative estimate of drug-likeness (QED) is 0.123. The van der Waals surface area contributed by atoms with Crippen LogP contribution in [0.2, 0.25) is 0 Å². The third kappa shape index (κ3) is 10.3. The van der Waals surface area contributed by atoms with E-state index in [1.807, 2.05) is 52.0 Å². The van der Waals surface area contributed by atoms with Crippen molar-refractivity contribution >= 4 is 45.9 Å². The summed E-state index contributed by atoms with van der Waals surface area (Å²) >= 11 is 0. The van der Waals surface area contributed by atoms with Crippen molar-refractivity contribution in [1.29, 1.82) is 0 Å². The number of halogens is 4. The molecule has 18 nitrogen and oxygen atoms in total. The van der Waals surface area contributed by atoms with E-state index in [0.717, 1.165) is 33.6 Å². The van der Waals surface area contributed by atoms with Crippen LogP contribution in [0.4, 0.5) is 40.3 Å². The highest BCUT2D eigenvalue weighted by Crippen LogP contribution is 2.44. The summed E-state index contributed by atoms with van der Waals surface area (Å²) in [7, 11) is 0. The maximum absolute atomic E-state index is 13.3. The Morgan fingerprint density at radius 1 is 0.629 bits per heavy atom. The summed E-state index contributed by atoms with van der Waals surface area (Å²) in [6.45, 7) is 10.8. The number of rotatable bonds is 12. The first-order valence-electron chi connectivity index (χ1n) is 23.2. The van der Waals surface area contributed by atoms with Crippen LogP contribution in [-0.2, 0) is 12.8 Å². The summed E-state index contributed by atoms with van der Waals surface area (Å²) < 4.78 is 66.5. The summed E-state index contributed by atoms with van der Waals surface area (Å²) in [5, 5.41) is 34.1. The van der Waals surface area contributed by atoms with Gasteiger partial charge in [-0.25, -0.2) is 36.6 Å². The summed E-state index contributed by atoms with van der Waals surface area (Å²) in [6, 6.07) is 7.48. The zero-order valence-electron chi connectivity index (χ0n) is 39.3. The highest BCUT2D eigenvalue weighted by atomic mass is 19.3. The number of fused-ring (bicyclic) bond motifs is 4. The minimum atomic E-state index is -2.37. The summed E-state index contributed by atoms with van der Waals surface area (Å²) in [5.41, 5.74) is 6.40. The molecule has 0 radical (unpaired) electrons. The Bertz CT molecular complexity index is 2710. The van der Waals surface area contributed by atoms with E-state index in [2.05, 4.69) is 40.6 Å². The number of carbonyl (C=O) groups excluding carboxylic acids is 2. The van der Waals surface area contributed by atoms with Crippen LogP contribution < -0.4 is 29.9 Å². The summed E-state index contributed by atoms with van der Waals surface area (Å²) in [6.07, 6.45) is 6.19. The fourth-order valence-corrected chi connectivity index (χ4v) is 9.37. The molecule has 0 unspecified atom stereocenters. The number of amides is 2. The van der Waals surface area contributed by atoms with Crippen molar-refractivity contribution in [1.82, 2.24) is 39.0 Å². The molecule has 0 bridgehead atoms. The minimum Gasteiger partial charge on any atom is -0.484 e. The molecule has 4 N–H and O–H groups in total. The lowest BCUT2D eigenvalue weighted by Crippen LogP contribution is -2.48. The van der Waals surface area contributed by atoms with Crippen LogP contribution in [-0.4, -0.2) is 164 Å². The van der Waals surface area contributed by atoms with E-state index in [-0.39, 0.29) is 38.1 Å². The molecule has 2 aromatic carbocycles. The third-order valence-electron chi connectivity index (χ3n) is 13.0. The van der Waals surface area contributed by atoms with E-state index in [1.165, 1.54) is 12.4 Å². The molecule has 0 saturated carbocycles. The molecule has 6 aromatic rings. The van der Waals surface area contributed by atoms with Gasteiger partial charge in [-0.3, -0.25) is 19.4 Å². The van der Waals surface area contributed by atoms with Crippen molar-refractivity contribution in [2.24, 2.45) is 0 Å². The number of nitrogens with one attached hydrogen (secondary N) is 2. The SMILES string of the molecule is Cc1cnc2c(C(=O)Nc3cc4c(cc3N3CCN(CC(F)F)CC3)O[C@@](C)(CO)C4)cnn2c1.Cc1cnc2c(C(=O)Nc3cc4c(cc3N3CCN(CC(F)F)CC3)O[C@](C)(CO)C4)cnn2c1. The normalized spacial score (nSPS) is 20.3. The number of carbonyl (C=O) groups is 2. The number of aliphatic hydroxyl groups excluding tert-OH is 2. The maximum Gasteiger partial charge on any atom is 0.261 e. The molecule has 70 heavy (non-hydrogen) atoms. The van der Waals surface area contributed by atoms with E-state index in [0.29, 0.717) is 110 Å². The smallest absolute Gasteiger partial charge is 0.261 e. The van der Waals surface area contributed by atoms with Crippen molar-refractivity contribution in [2.45, 2.75) is 64.6 Å². The summed E-state index contributed by atoms with van der Waals surface area (Å²) in [4.78, 5) is 42.9. The number of nitrogens with zero attached hydrogens (tertiary/aromatic N) is 10. The third-order valence-corrected chi connectivity index (χ3v) is 13.0. The second kappa shape index (κ2) is 19.6. The Morgan fingerprint density at radius 3 is 1.37 bits per heavy atom. The van der Waals surface area contributed by atoms with Gasteiger partial charge in [0.15, 0.2) is 11.3 Å². The van der Waals surface area contributed by atoms with Crippen molar-refractivity contribution in [3.63, 3.8) is 0 Å². The van der Waals surface area contributed by atoms with Gasteiger partial charge in [-0.05, 0) is 51.0 Å². The van der Waals surface area contributed by atoms with Crippen LogP contribution in [0, 0.1) is 13.8 Å². The van der Waals surface area contributed by atoms with E-state index in [4.69, 9.17) is 9.47 Å². The maximum atomic E-state index is 13.3. The molecule has 372 valence electrons. The van der Waals surface area contributed by atoms with Gasteiger partial charge in [0.05, 0.1) is 61.4 Å². The predicted molar refractivity (Wildman–Crippen MR) is 253 cm³/mol. The molecule has 2 fully saturated rings. The molecular formula is C48H56F4N12O6. The Labute approximate surface area is 400 Å². The monoisotopic (exact) mass is 972 g/mol. The van der Waals surface area contributed by atoms with E-state index >= 15 is 0 Å². The topological polar surface area (TPSA) is 190 Å². The molecule has 0 aliphatic carbocycles. The Balaban J connectivity index is 0.000000174. The number of aryl methyl sites for hydroxylation is 2. The Kier molecular flexibility index (Phi) is 13.6. The minimum absolute atomic E-state index is 0.140. The zero-order chi connectivity index (χ0) is 49.5. The van der Waals surface area contributed by atoms with Gasteiger partial charge in [-0.1, -0.05) is 0 Å². The predicted octanol–water partition coefficient (Wildman–Crippen LogP) is 4.73. The van der Waals surface area contributed by atoms with Gasteiger partial charge < -0.3 is 40.1 Å².